The first-order chi connectivity index (χ1) is 8.99. The Labute approximate surface area is 114 Å². The molecule has 1 aliphatic rings. The van der Waals surface area contributed by atoms with Crippen LogP contribution < -0.4 is 5.32 Å². The topological polar surface area (TPSA) is 24.4 Å². The van der Waals surface area contributed by atoms with Crippen LogP contribution in [0, 0.1) is 0 Å². The van der Waals surface area contributed by atoms with Gasteiger partial charge in [0.2, 0.25) is 0 Å². The highest BCUT2D eigenvalue weighted by atomic mass is 32.2. The molecule has 2 rings (SSSR count). The number of rotatable bonds is 3. The predicted octanol–water partition coefficient (Wildman–Crippen LogP) is 3.68. The van der Waals surface area contributed by atoms with E-state index in [0.29, 0.717) is 12.6 Å². The zero-order valence-corrected chi connectivity index (χ0v) is 11.3. The number of aliphatic imine (C=N–C) groups is 1. The van der Waals surface area contributed by atoms with E-state index < -0.39 is 11.7 Å². The first-order valence-corrected chi connectivity index (χ1v) is 7.07. The maximum absolute atomic E-state index is 12.4. The fraction of sp³-hybridized carbons (Fsp3) is 0.462. The number of nitrogens with one attached hydrogen (secondary N) is 1. The summed E-state index contributed by atoms with van der Waals surface area (Å²) in [7, 11) is 0. The third-order valence-electron chi connectivity index (χ3n) is 2.93. The number of benzene rings is 1. The Morgan fingerprint density at radius 3 is 2.53 bits per heavy atom. The number of halogens is 3. The minimum Gasteiger partial charge on any atom is -0.361 e. The van der Waals surface area contributed by atoms with Crippen molar-refractivity contribution in [1.29, 1.82) is 0 Å². The van der Waals surface area contributed by atoms with E-state index in [-0.39, 0.29) is 0 Å². The highest BCUT2D eigenvalue weighted by Gasteiger charge is 2.29. The summed E-state index contributed by atoms with van der Waals surface area (Å²) in [4.78, 5) is 4.37. The van der Waals surface area contributed by atoms with Crippen molar-refractivity contribution in [2.45, 2.75) is 32.1 Å². The first kappa shape index (κ1) is 14.2. The lowest BCUT2D eigenvalue weighted by Gasteiger charge is -2.07. The fourth-order valence-corrected chi connectivity index (χ4v) is 2.79. The summed E-state index contributed by atoms with van der Waals surface area (Å²) in [6, 6.07) is 5.60. The molecule has 0 amide bonds. The van der Waals surface area contributed by atoms with E-state index in [1.165, 1.54) is 12.1 Å². The molecule has 1 aromatic rings. The minimum absolute atomic E-state index is 0.407. The summed E-state index contributed by atoms with van der Waals surface area (Å²) in [5.41, 5.74) is 0.158. The molecule has 1 N–H and O–H groups in total. The highest BCUT2D eigenvalue weighted by molar-refractivity contribution is 8.14. The molecule has 1 atom stereocenters. The second kappa shape index (κ2) is 5.86. The highest BCUT2D eigenvalue weighted by Crippen LogP contribution is 2.29. The number of hydrogen-bond acceptors (Lipinski definition) is 2. The van der Waals surface area contributed by atoms with Gasteiger partial charge in [0.25, 0.3) is 0 Å². The summed E-state index contributed by atoms with van der Waals surface area (Å²) >= 11 is 1.66. The van der Waals surface area contributed by atoms with Crippen molar-refractivity contribution in [3.8, 4) is 0 Å². The number of nitrogens with zero attached hydrogens (tertiary/aromatic N) is 1. The van der Waals surface area contributed by atoms with Gasteiger partial charge in [-0.25, -0.2) is 0 Å². The van der Waals surface area contributed by atoms with Gasteiger partial charge in [0, 0.05) is 11.8 Å². The third-order valence-corrected chi connectivity index (χ3v) is 4.02. The molecular weight excluding hydrogens is 273 g/mol. The van der Waals surface area contributed by atoms with E-state index in [1.54, 1.807) is 11.8 Å². The Morgan fingerprint density at radius 2 is 2.00 bits per heavy atom. The van der Waals surface area contributed by atoms with Gasteiger partial charge in [0.05, 0.1) is 12.1 Å². The van der Waals surface area contributed by atoms with Crippen LogP contribution in [0.4, 0.5) is 13.2 Å². The van der Waals surface area contributed by atoms with Crippen molar-refractivity contribution in [3.63, 3.8) is 0 Å². The van der Waals surface area contributed by atoms with Crippen molar-refractivity contribution >= 4 is 16.9 Å². The molecule has 0 aliphatic carbocycles. The van der Waals surface area contributed by atoms with Crippen molar-refractivity contribution in [3.05, 3.63) is 35.4 Å². The zero-order valence-electron chi connectivity index (χ0n) is 10.5. The summed E-state index contributed by atoms with van der Waals surface area (Å²) in [5.74, 6) is 1.00. The van der Waals surface area contributed by atoms with Crippen LogP contribution >= 0.6 is 11.8 Å². The van der Waals surface area contributed by atoms with Gasteiger partial charge < -0.3 is 5.32 Å². The molecule has 2 nitrogen and oxygen atoms in total. The Kier molecular flexibility index (Phi) is 4.39. The molecule has 1 fully saturated rings. The SMILES string of the molecule is CCC1CSC(=NCc2ccc(C(F)(F)F)cc2)N1. The second-order valence-electron chi connectivity index (χ2n) is 4.38. The van der Waals surface area contributed by atoms with E-state index in [2.05, 4.69) is 17.2 Å². The lowest BCUT2D eigenvalue weighted by Crippen LogP contribution is -2.25. The predicted molar refractivity (Wildman–Crippen MR) is 72.3 cm³/mol. The monoisotopic (exact) mass is 288 g/mol. The van der Waals surface area contributed by atoms with Gasteiger partial charge in [-0.15, -0.1) is 0 Å². The maximum atomic E-state index is 12.4. The van der Waals surface area contributed by atoms with Crippen molar-refractivity contribution in [2.75, 3.05) is 5.75 Å². The molecule has 104 valence electrons. The van der Waals surface area contributed by atoms with Crippen molar-refractivity contribution in [1.82, 2.24) is 5.32 Å². The van der Waals surface area contributed by atoms with Crippen LogP contribution in [0.1, 0.15) is 24.5 Å². The molecule has 1 aliphatic heterocycles. The number of thioether (sulfide) groups is 1. The molecule has 0 bridgehead atoms. The van der Waals surface area contributed by atoms with E-state index >= 15 is 0 Å². The molecule has 1 heterocycles. The van der Waals surface area contributed by atoms with Crippen molar-refractivity contribution in [2.24, 2.45) is 4.99 Å². The summed E-state index contributed by atoms with van der Waals surface area (Å²) in [6.07, 6.45) is -3.23. The van der Waals surface area contributed by atoms with E-state index in [9.17, 15) is 13.2 Å². The Hall–Kier alpha value is -1.17. The average Bonchev–Trinajstić information content (AvgIpc) is 2.84. The quantitative estimate of drug-likeness (QED) is 0.917. The summed E-state index contributed by atoms with van der Waals surface area (Å²) in [6.45, 7) is 2.51. The van der Waals surface area contributed by atoms with E-state index in [0.717, 1.165) is 35.0 Å². The molecule has 6 heteroatoms. The fourth-order valence-electron chi connectivity index (χ4n) is 1.71. The third kappa shape index (κ3) is 3.89. The lowest BCUT2D eigenvalue weighted by molar-refractivity contribution is -0.137. The molecule has 0 spiro atoms. The minimum atomic E-state index is -4.28. The standard InChI is InChI=1S/C13H15F3N2S/c1-2-11-8-19-12(18-11)17-7-9-3-5-10(6-4-9)13(14,15)16/h3-6,11H,2,7-8H2,1H3,(H,17,18). The van der Waals surface area contributed by atoms with Gasteiger partial charge in [-0.1, -0.05) is 30.8 Å². The van der Waals surface area contributed by atoms with Gasteiger partial charge in [-0.05, 0) is 24.1 Å². The molecule has 1 unspecified atom stereocenters. The maximum Gasteiger partial charge on any atom is 0.416 e. The molecular formula is C13H15F3N2S. The number of hydrogen-bond donors (Lipinski definition) is 1. The molecule has 19 heavy (non-hydrogen) atoms. The largest absolute Gasteiger partial charge is 0.416 e. The van der Waals surface area contributed by atoms with Crippen LogP contribution in [0.2, 0.25) is 0 Å². The number of alkyl halides is 3. The second-order valence-corrected chi connectivity index (χ2v) is 5.39. The number of amidine groups is 1. The zero-order chi connectivity index (χ0) is 13.9. The normalized spacial score (nSPS) is 21.7. The smallest absolute Gasteiger partial charge is 0.361 e. The average molecular weight is 288 g/mol. The molecule has 0 aromatic heterocycles. The van der Waals surface area contributed by atoms with Gasteiger partial charge >= 0.3 is 6.18 Å². The summed E-state index contributed by atoms with van der Waals surface area (Å²) in [5, 5.41) is 4.16. The van der Waals surface area contributed by atoms with Crippen molar-refractivity contribution < 1.29 is 13.2 Å². The first-order valence-electron chi connectivity index (χ1n) is 6.09. The Morgan fingerprint density at radius 1 is 1.32 bits per heavy atom. The van der Waals surface area contributed by atoms with Crippen LogP contribution in [0.3, 0.4) is 0 Å². The van der Waals surface area contributed by atoms with E-state index in [4.69, 9.17) is 0 Å². The Balaban J connectivity index is 1.95. The Bertz CT molecular complexity index is 454. The van der Waals surface area contributed by atoms with Gasteiger partial charge in [-0.3, -0.25) is 4.99 Å². The van der Waals surface area contributed by atoms with Crippen LogP contribution in [-0.2, 0) is 12.7 Å². The van der Waals surface area contributed by atoms with Crippen LogP contribution in [0.15, 0.2) is 29.3 Å². The molecule has 0 radical (unpaired) electrons. The van der Waals surface area contributed by atoms with Crippen LogP contribution in [0.5, 0.6) is 0 Å². The summed E-state index contributed by atoms with van der Waals surface area (Å²) < 4.78 is 37.2. The molecule has 0 saturated carbocycles. The van der Waals surface area contributed by atoms with E-state index in [1.807, 2.05) is 0 Å². The van der Waals surface area contributed by atoms with Gasteiger partial charge in [-0.2, -0.15) is 13.2 Å². The molecule has 1 saturated heterocycles. The van der Waals surface area contributed by atoms with Gasteiger partial charge in [0.15, 0.2) is 5.17 Å². The molecule has 1 aromatic carbocycles. The lowest BCUT2D eigenvalue weighted by atomic mass is 10.1. The van der Waals surface area contributed by atoms with Crippen LogP contribution in [-0.4, -0.2) is 17.0 Å². The van der Waals surface area contributed by atoms with Gasteiger partial charge in [0.1, 0.15) is 0 Å². The van der Waals surface area contributed by atoms with Crippen LogP contribution in [0.25, 0.3) is 0 Å².